The molecule has 0 spiro atoms. The molecule has 0 aliphatic carbocycles. The first-order chi connectivity index (χ1) is 25.4. The van der Waals surface area contributed by atoms with E-state index in [-0.39, 0.29) is 24.2 Å². The van der Waals surface area contributed by atoms with Gasteiger partial charge in [0.25, 0.3) is 0 Å². The molecule has 8 heteroatoms. The second-order valence-corrected chi connectivity index (χ2v) is 14.1. The zero-order valence-electron chi connectivity index (χ0n) is 29.8. The van der Waals surface area contributed by atoms with Gasteiger partial charge in [0.15, 0.2) is 0 Å². The minimum absolute atomic E-state index is 0.000891. The minimum atomic E-state index is -0.0970. The van der Waals surface area contributed by atoms with Gasteiger partial charge in [-0.2, -0.15) is 0 Å². The monoisotopic (exact) mass is 682 g/mol. The van der Waals surface area contributed by atoms with E-state index in [1.807, 2.05) is 0 Å². The molecule has 3 aromatic rings. The van der Waals surface area contributed by atoms with E-state index in [9.17, 15) is 0 Å². The Labute approximate surface area is 304 Å². The van der Waals surface area contributed by atoms with Crippen molar-refractivity contribution < 1.29 is 0 Å². The van der Waals surface area contributed by atoms with Crippen molar-refractivity contribution in [2.24, 2.45) is 0 Å². The summed E-state index contributed by atoms with van der Waals surface area (Å²) in [5, 5.41) is 0. The normalized spacial score (nSPS) is 23.0. The summed E-state index contributed by atoms with van der Waals surface area (Å²) in [7, 11) is 8.62. The van der Waals surface area contributed by atoms with Crippen molar-refractivity contribution in [1.82, 2.24) is 39.5 Å². The second-order valence-electron chi connectivity index (χ2n) is 14.1. The van der Waals surface area contributed by atoms with Crippen molar-refractivity contribution in [3.05, 3.63) is 168 Å². The van der Waals surface area contributed by atoms with Crippen LogP contribution in [0.1, 0.15) is 57.6 Å². The largest absolute Gasteiger partial charge is 0.370 e. The summed E-state index contributed by atoms with van der Waals surface area (Å²) < 4.78 is 0. The van der Waals surface area contributed by atoms with Gasteiger partial charge in [0.05, 0.1) is 52.5 Å². The van der Waals surface area contributed by atoms with E-state index in [2.05, 4.69) is 204 Å². The standard InChI is InChI=1S/C44H42N8/c1-49-21-9-5-13-36(49)34-27-33-26-31-18-17-29(45-31)25-30-19-20-32(46-30)28-35-40(37-14-6-10-22-50(37)2)41(38-15-7-11-23-51(38)3)44(48-35)42(43(34)47-33)39-16-8-12-24-52(39)4/h5-28,36-39,45,48H,1-4H3. The van der Waals surface area contributed by atoms with E-state index in [4.69, 9.17) is 9.97 Å². The number of hydrogen-bond donors (Lipinski definition) is 2. The molecule has 6 aliphatic rings. The molecule has 0 fully saturated rings. The number of fused-ring (bicyclic) bond motifs is 8. The highest BCUT2D eigenvalue weighted by atomic mass is 15.1. The molecule has 52 heavy (non-hydrogen) atoms. The summed E-state index contributed by atoms with van der Waals surface area (Å²) in [6.07, 6.45) is 41.2. The molecule has 0 saturated heterocycles. The molecule has 6 aliphatic heterocycles. The predicted octanol–water partition coefficient (Wildman–Crippen LogP) is 8.58. The first-order valence-corrected chi connectivity index (χ1v) is 17.9. The lowest BCUT2D eigenvalue weighted by Gasteiger charge is -2.33. The quantitative estimate of drug-likeness (QED) is 0.225. The van der Waals surface area contributed by atoms with Gasteiger partial charge in [0.1, 0.15) is 0 Å². The fourth-order valence-corrected chi connectivity index (χ4v) is 8.05. The smallest absolute Gasteiger partial charge is 0.0770 e. The molecule has 3 aromatic heterocycles. The van der Waals surface area contributed by atoms with Crippen LogP contribution in [0.4, 0.5) is 0 Å². The Morgan fingerprint density at radius 3 is 1.58 bits per heavy atom. The molecule has 4 unspecified atom stereocenters. The van der Waals surface area contributed by atoms with Gasteiger partial charge in [-0.1, -0.05) is 48.6 Å². The summed E-state index contributed by atoms with van der Waals surface area (Å²) in [5.74, 6) is 0. The lowest BCUT2D eigenvalue weighted by Crippen LogP contribution is -2.29. The Morgan fingerprint density at radius 2 is 1.00 bits per heavy atom. The molecule has 0 aromatic carbocycles. The van der Waals surface area contributed by atoms with Crippen LogP contribution in [-0.2, 0) is 0 Å². The SMILES string of the molecule is CN1C=CC=CC1C1=Cc2cc3ccc(cc4nc(cc5[nH]c(c(C6C=CC=CN6C)c1n2)c(C1C=CC=CN1C)c5C1C=CC=CN1C)C=C4)[nH]3. The lowest BCUT2D eigenvalue weighted by molar-refractivity contribution is 0.366. The third kappa shape index (κ3) is 5.57. The highest BCUT2D eigenvalue weighted by Gasteiger charge is 2.34. The third-order valence-corrected chi connectivity index (χ3v) is 10.6. The van der Waals surface area contributed by atoms with Crippen LogP contribution < -0.4 is 0 Å². The third-order valence-electron chi connectivity index (χ3n) is 10.6. The van der Waals surface area contributed by atoms with Gasteiger partial charge in [-0.3, -0.25) is 0 Å². The van der Waals surface area contributed by atoms with E-state index in [0.717, 1.165) is 56.0 Å². The number of aromatic amines is 2. The van der Waals surface area contributed by atoms with Crippen molar-refractivity contribution in [2.45, 2.75) is 24.2 Å². The van der Waals surface area contributed by atoms with Crippen LogP contribution in [-0.4, -0.2) is 73.8 Å². The van der Waals surface area contributed by atoms with Gasteiger partial charge in [0.2, 0.25) is 0 Å². The van der Waals surface area contributed by atoms with Gasteiger partial charge >= 0.3 is 0 Å². The number of nitrogens with one attached hydrogen (secondary N) is 2. The topological polar surface area (TPSA) is 70.3 Å². The Morgan fingerprint density at radius 1 is 0.500 bits per heavy atom. The van der Waals surface area contributed by atoms with Crippen molar-refractivity contribution in [3.63, 3.8) is 0 Å². The van der Waals surface area contributed by atoms with E-state index in [1.165, 1.54) is 11.1 Å². The molecular formula is C44H42N8. The molecule has 0 amide bonds. The van der Waals surface area contributed by atoms with Crippen LogP contribution in [0.3, 0.4) is 0 Å². The molecule has 9 heterocycles. The number of nitrogens with zero attached hydrogens (tertiary/aromatic N) is 6. The molecule has 0 radical (unpaired) electrons. The Hall–Kier alpha value is -6.28. The first-order valence-electron chi connectivity index (χ1n) is 17.9. The first kappa shape index (κ1) is 31.7. The van der Waals surface area contributed by atoms with Gasteiger partial charge < -0.3 is 29.6 Å². The zero-order chi connectivity index (χ0) is 35.3. The van der Waals surface area contributed by atoms with Gasteiger partial charge in [-0.25, -0.2) is 9.97 Å². The maximum atomic E-state index is 5.57. The molecular weight excluding hydrogens is 641 g/mol. The van der Waals surface area contributed by atoms with Gasteiger partial charge in [-0.05, 0) is 97.7 Å². The number of H-pyrrole nitrogens is 2. The Balaban J connectivity index is 1.48. The highest BCUT2D eigenvalue weighted by molar-refractivity contribution is 5.92. The summed E-state index contributed by atoms with van der Waals surface area (Å²) in [5.41, 5.74) is 12.5. The highest BCUT2D eigenvalue weighted by Crippen LogP contribution is 2.45. The van der Waals surface area contributed by atoms with Crippen LogP contribution in [0.25, 0.3) is 45.9 Å². The molecule has 0 saturated carbocycles. The van der Waals surface area contributed by atoms with Crippen LogP contribution in [0, 0.1) is 0 Å². The molecule has 8 nitrogen and oxygen atoms in total. The summed E-state index contributed by atoms with van der Waals surface area (Å²) >= 11 is 0. The second kappa shape index (κ2) is 12.8. The number of rotatable bonds is 4. The minimum Gasteiger partial charge on any atom is -0.370 e. The van der Waals surface area contributed by atoms with Crippen molar-refractivity contribution in [2.75, 3.05) is 28.2 Å². The molecule has 2 N–H and O–H groups in total. The van der Waals surface area contributed by atoms with Crippen LogP contribution >= 0.6 is 0 Å². The Kier molecular flexibility index (Phi) is 7.80. The van der Waals surface area contributed by atoms with Crippen LogP contribution in [0.5, 0.6) is 0 Å². The predicted molar refractivity (Wildman–Crippen MR) is 214 cm³/mol. The molecule has 8 bridgehead atoms. The fraction of sp³-hybridized carbons (Fsp3) is 0.182. The molecule has 258 valence electrons. The van der Waals surface area contributed by atoms with E-state index in [0.29, 0.717) is 0 Å². The summed E-state index contributed by atoms with van der Waals surface area (Å²) in [4.78, 5) is 27.5. The average Bonchev–Trinajstić information content (AvgIpc) is 3.95. The number of hydrogen-bond acceptors (Lipinski definition) is 6. The van der Waals surface area contributed by atoms with Crippen LogP contribution in [0.2, 0.25) is 0 Å². The van der Waals surface area contributed by atoms with Crippen molar-refractivity contribution >= 4 is 45.9 Å². The number of allylic oxidation sites excluding steroid dienone is 8. The summed E-state index contributed by atoms with van der Waals surface area (Å²) in [6, 6.07) is 10.5. The van der Waals surface area contributed by atoms with E-state index >= 15 is 0 Å². The zero-order valence-corrected chi connectivity index (χ0v) is 29.8. The van der Waals surface area contributed by atoms with E-state index < -0.39 is 0 Å². The van der Waals surface area contributed by atoms with Crippen LogP contribution in [0.15, 0.2) is 128 Å². The maximum absolute atomic E-state index is 5.57. The van der Waals surface area contributed by atoms with Gasteiger partial charge in [0, 0.05) is 67.0 Å². The average molecular weight is 683 g/mol. The summed E-state index contributed by atoms with van der Waals surface area (Å²) in [6.45, 7) is 0. The number of likely N-dealkylation sites (N-methyl/N-ethyl adjacent to an activating group) is 4. The van der Waals surface area contributed by atoms with Gasteiger partial charge in [-0.15, -0.1) is 0 Å². The van der Waals surface area contributed by atoms with Crippen molar-refractivity contribution in [1.29, 1.82) is 0 Å². The Bertz CT molecular complexity index is 2420. The fourth-order valence-electron chi connectivity index (χ4n) is 8.05. The lowest BCUT2D eigenvalue weighted by atomic mass is 9.88. The van der Waals surface area contributed by atoms with E-state index in [1.54, 1.807) is 0 Å². The van der Waals surface area contributed by atoms with Crippen molar-refractivity contribution in [3.8, 4) is 0 Å². The maximum Gasteiger partial charge on any atom is 0.0770 e. The number of aromatic nitrogens is 4. The molecule has 4 atom stereocenters. The molecule has 9 rings (SSSR count).